The van der Waals surface area contributed by atoms with Gasteiger partial charge in [0.05, 0.1) is 5.02 Å². The van der Waals surface area contributed by atoms with Gasteiger partial charge in [-0.1, -0.05) is 18.0 Å². The van der Waals surface area contributed by atoms with Crippen LogP contribution in [0, 0.1) is 5.41 Å². The summed E-state index contributed by atoms with van der Waals surface area (Å²) in [5.41, 5.74) is 1.68. The molecule has 0 spiro atoms. The molecule has 1 heterocycles. The third-order valence-corrected chi connectivity index (χ3v) is 3.73. The summed E-state index contributed by atoms with van der Waals surface area (Å²) in [5, 5.41) is 4.10. The van der Waals surface area contributed by atoms with Crippen molar-refractivity contribution in [3.8, 4) is 0 Å². The van der Waals surface area contributed by atoms with Gasteiger partial charge in [-0.3, -0.25) is 4.98 Å². The van der Waals surface area contributed by atoms with Crippen LogP contribution in [0.2, 0.25) is 5.02 Å². The van der Waals surface area contributed by atoms with Crippen molar-refractivity contribution >= 4 is 11.6 Å². The number of pyridine rings is 1. The van der Waals surface area contributed by atoms with Gasteiger partial charge in [-0.15, -0.1) is 0 Å². The number of halogens is 1. The molecule has 0 aromatic carbocycles. The highest BCUT2D eigenvalue weighted by Crippen LogP contribution is 2.43. The molecule has 2 rings (SSSR count). The predicted molar refractivity (Wildman–Crippen MR) is 63.2 cm³/mol. The van der Waals surface area contributed by atoms with E-state index < -0.39 is 0 Å². The van der Waals surface area contributed by atoms with Crippen LogP contribution < -0.4 is 5.32 Å². The highest BCUT2D eigenvalue weighted by Gasteiger charge is 2.36. The number of nitrogens with zero attached hydrogens (tertiary/aromatic N) is 1. The van der Waals surface area contributed by atoms with Gasteiger partial charge >= 0.3 is 0 Å². The molecule has 15 heavy (non-hydrogen) atoms. The molecule has 3 heteroatoms. The van der Waals surface area contributed by atoms with Crippen molar-refractivity contribution in [1.29, 1.82) is 0 Å². The summed E-state index contributed by atoms with van der Waals surface area (Å²) in [5.74, 6) is 0. The molecular formula is C12H17ClN2. The Balaban J connectivity index is 2.10. The third kappa shape index (κ3) is 2.32. The minimum atomic E-state index is 0.444. The smallest absolute Gasteiger partial charge is 0.0621 e. The zero-order chi connectivity index (χ0) is 10.7. The second-order valence-corrected chi connectivity index (χ2v) is 4.93. The summed E-state index contributed by atoms with van der Waals surface area (Å²) in [4.78, 5) is 4.02. The maximum Gasteiger partial charge on any atom is 0.0621 e. The lowest BCUT2D eigenvalue weighted by molar-refractivity contribution is 0.133. The highest BCUT2D eigenvalue weighted by atomic mass is 35.5. The first kappa shape index (κ1) is 10.9. The summed E-state index contributed by atoms with van der Waals surface area (Å²) in [6.45, 7) is 1.09. The van der Waals surface area contributed by atoms with Gasteiger partial charge in [-0.2, -0.15) is 0 Å². The fourth-order valence-corrected chi connectivity index (χ4v) is 2.61. The first-order valence-corrected chi connectivity index (χ1v) is 5.87. The van der Waals surface area contributed by atoms with Crippen LogP contribution in [0.1, 0.15) is 24.8 Å². The number of nitrogens with one attached hydrogen (secondary N) is 1. The van der Waals surface area contributed by atoms with Gasteiger partial charge < -0.3 is 5.32 Å². The Morgan fingerprint density at radius 2 is 2.33 bits per heavy atom. The second-order valence-electron chi connectivity index (χ2n) is 4.53. The van der Waals surface area contributed by atoms with Gasteiger partial charge in [0.25, 0.3) is 0 Å². The molecule has 0 aliphatic heterocycles. The molecule has 1 saturated carbocycles. The number of aromatic nitrogens is 1. The summed E-state index contributed by atoms with van der Waals surface area (Å²) in [7, 11) is 2.02. The molecule has 1 aliphatic rings. The lowest BCUT2D eigenvalue weighted by atomic mass is 9.65. The molecule has 1 aromatic heterocycles. The number of hydrogen-bond donors (Lipinski definition) is 1. The molecule has 1 fully saturated rings. The first-order valence-electron chi connectivity index (χ1n) is 5.49. The fraction of sp³-hybridized carbons (Fsp3) is 0.583. The summed E-state index contributed by atoms with van der Waals surface area (Å²) in [6, 6.07) is 2.04. The Kier molecular flexibility index (Phi) is 3.27. The van der Waals surface area contributed by atoms with Crippen LogP contribution in [0.15, 0.2) is 18.5 Å². The van der Waals surface area contributed by atoms with Crippen LogP contribution in [0.4, 0.5) is 0 Å². The molecule has 2 nitrogen and oxygen atoms in total. The van der Waals surface area contributed by atoms with Gasteiger partial charge in [0.2, 0.25) is 0 Å². The van der Waals surface area contributed by atoms with E-state index in [9.17, 15) is 0 Å². The molecule has 0 atom stereocenters. The molecule has 0 saturated heterocycles. The van der Waals surface area contributed by atoms with E-state index in [0.717, 1.165) is 18.0 Å². The van der Waals surface area contributed by atoms with E-state index in [1.165, 1.54) is 24.8 Å². The van der Waals surface area contributed by atoms with Crippen molar-refractivity contribution in [2.24, 2.45) is 5.41 Å². The molecule has 1 aromatic rings. The Hall–Kier alpha value is -0.600. The zero-order valence-electron chi connectivity index (χ0n) is 9.09. The maximum absolute atomic E-state index is 6.13. The van der Waals surface area contributed by atoms with Crippen LogP contribution in [-0.2, 0) is 6.42 Å². The fourth-order valence-electron chi connectivity index (χ4n) is 2.42. The van der Waals surface area contributed by atoms with Crippen molar-refractivity contribution in [2.45, 2.75) is 25.7 Å². The molecule has 0 bridgehead atoms. The SMILES string of the molecule is CNCC1(Cc2ccncc2Cl)CCC1. The van der Waals surface area contributed by atoms with Crippen LogP contribution in [0.25, 0.3) is 0 Å². The highest BCUT2D eigenvalue weighted by molar-refractivity contribution is 6.31. The quantitative estimate of drug-likeness (QED) is 0.851. The maximum atomic E-state index is 6.13. The second kappa shape index (κ2) is 4.50. The average Bonchev–Trinajstić information content (AvgIpc) is 2.18. The van der Waals surface area contributed by atoms with E-state index in [4.69, 9.17) is 11.6 Å². The topological polar surface area (TPSA) is 24.9 Å². The summed E-state index contributed by atoms with van der Waals surface area (Å²) in [6.07, 6.45) is 8.62. The summed E-state index contributed by atoms with van der Waals surface area (Å²) < 4.78 is 0. The molecule has 0 amide bonds. The molecule has 1 N–H and O–H groups in total. The van der Waals surface area contributed by atoms with Crippen LogP contribution in [0.3, 0.4) is 0 Å². The van der Waals surface area contributed by atoms with E-state index in [1.807, 2.05) is 19.3 Å². The molecule has 1 aliphatic carbocycles. The largest absolute Gasteiger partial charge is 0.319 e. The lowest BCUT2D eigenvalue weighted by Crippen LogP contribution is -2.40. The minimum Gasteiger partial charge on any atom is -0.319 e. The van der Waals surface area contributed by atoms with Crippen molar-refractivity contribution in [1.82, 2.24) is 10.3 Å². The Morgan fingerprint density at radius 1 is 1.53 bits per heavy atom. The van der Waals surface area contributed by atoms with Crippen LogP contribution >= 0.6 is 11.6 Å². The zero-order valence-corrected chi connectivity index (χ0v) is 9.85. The molecular weight excluding hydrogens is 208 g/mol. The van der Waals surface area contributed by atoms with Crippen molar-refractivity contribution in [3.05, 3.63) is 29.0 Å². The molecule has 82 valence electrons. The van der Waals surface area contributed by atoms with E-state index in [-0.39, 0.29) is 0 Å². The molecule has 0 unspecified atom stereocenters. The monoisotopic (exact) mass is 224 g/mol. The standard InChI is InChI=1S/C12H17ClN2/c1-14-9-12(4-2-5-12)7-10-3-6-15-8-11(10)13/h3,6,8,14H,2,4-5,7,9H2,1H3. The van der Waals surface area contributed by atoms with Gasteiger partial charge in [0.15, 0.2) is 0 Å². The first-order chi connectivity index (χ1) is 7.26. The van der Waals surface area contributed by atoms with Gasteiger partial charge in [-0.25, -0.2) is 0 Å². The van der Waals surface area contributed by atoms with Gasteiger partial charge in [0.1, 0.15) is 0 Å². The minimum absolute atomic E-state index is 0.444. The van der Waals surface area contributed by atoms with Crippen molar-refractivity contribution in [3.63, 3.8) is 0 Å². The Bertz CT molecular complexity index is 334. The Morgan fingerprint density at radius 3 is 2.87 bits per heavy atom. The summed E-state index contributed by atoms with van der Waals surface area (Å²) >= 11 is 6.13. The molecule has 0 radical (unpaired) electrons. The van der Waals surface area contributed by atoms with E-state index in [0.29, 0.717) is 5.41 Å². The average molecular weight is 225 g/mol. The normalized spacial score (nSPS) is 18.5. The number of hydrogen-bond acceptors (Lipinski definition) is 2. The number of rotatable bonds is 4. The van der Waals surface area contributed by atoms with Crippen molar-refractivity contribution in [2.75, 3.05) is 13.6 Å². The predicted octanol–water partition coefficient (Wildman–Crippen LogP) is 2.67. The van der Waals surface area contributed by atoms with Crippen LogP contribution in [-0.4, -0.2) is 18.6 Å². The lowest BCUT2D eigenvalue weighted by Gasteiger charge is -2.42. The van der Waals surface area contributed by atoms with Crippen molar-refractivity contribution < 1.29 is 0 Å². The van der Waals surface area contributed by atoms with E-state index >= 15 is 0 Å². The van der Waals surface area contributed by atoms with Crippen LogP contribution in [0.5, 0.6) is 0 Å². The van der Waals surface area contributed by atoms with E-state index in [2.05, 4.69) is 10.3 Å². The Labute approximate surface area is 96.1 Å². The van der Waals surface area contributed by atoms with Gasteiger partial charge in [0, 0.05) is 18.9 Å². The third-order valence-electron chi connectivity index (χ3n) is 3.39. The van der Waals surface area contributed by atoms with Gasteiger partial charge in [-0.05, 0) is 43.4 Å². The van der Waals surface area contributed by atoms with E-state index in [1.54, 1.807) is 6.20 Å².